The van der Waals surface area contributed by atoms with Crippen molar-refractivity contribution in [1.82, 2.24) is 14.7 Å². The van der Waals surface area contributed by atoms with Gasteiger partial charge < -0.3 is 4.90 Å². The van der Waals surface area contributed by atoms with Crippen LogP contribution in [0, 0.1) is 0 Å². The first-order valence-electron chi connectivity index (χ1n) is 8.93. The molecule has 1 heterocycles. The van der Waals surface area contributed by atoms with Crippen molar-refractivity contribution >= 4 is 16.8 Å². The fourth-order valence-corrected chi connectivity index (χ4v) is 3.83. The van der Waals surface area contributed by atoms with E-state index < -0.39 is 0 Å². The number of fused-ring (bicyclic) bond motifs is 2. The van der Waals surface area contributed by atoms with Crippen molar-refractivity contribution in [3.63, 3.8) is 0 Å². The standard InChI is InChI=1S/C21H21N3O2/c1-23(18-11-10-15-6-2-3-7-16(15)18)21(26)12-13-24-19-9-5-4-8-17(19)20(25)14-22-24/h2-9,14,18H,10-13H2,1H3. The van der Waals surface area contributed by atoms with Crippen LogP contribution in [0.2, 0.25) is 0 Å². The third-order valence-electron chi connectivity index (χ3n) is 5.26. The maximum Gasteiger partial charge on any atom is 0.224 e. The van der Waals surface area contributed by atoms with Crippen molar-refractivity contribution in [2.75, 3.05) is 7.05 Å². The van der Waals surface area contributed by atoms with E-state index in [9.17, 15) is 9.59 Å². The zero-order chi connectivity index (χ0) is 18.1. The minimum Gasteiger partial charge on any atom is -0.339 e. The van der Waals surface area contributed by atoms with Crippen molar-refractivity contribution in [2.45, 2.75) is 31.8 Å². The van der Waals surface area contributed by atoms with E-state index in [4.69, 9.17) is 0 Å². The number of benzene rings is 2. The number of rotatable bonds is 4. The van der Waals surface area contributed by atoms with E-state index in [1.165, 1.54) is 17.3 Å². The summed E-state index contributed by atoms with van der Waals surface area (Å²) < 4.78 is 1.74. The summed E-state index contributed by atoms with van der Waals surface area (Å²) in [7, 11) is 1.88. The van der Waals surface area contributed by atoms with Gasteiger partial charge in [0.25, 0.3) is 0 Å². The molecule has 0 fully saturated rings. The zero-order valence-corrected chi connectivity index (χ0v) is 14.8. The molecule has 1 atom stereocenters. The Hall–Kier alpha value is -2.95. The molecule has 1 aromatic heterocycles. The molecule has 132 valence electrons. The van der Waals surface area contributed by atoms with Crippen LogP contribution in [0.5, 0.6) is 0 Å². The lowest BCUT2D eigenvalue weighted by Crippen LogP contribution is -2.31. The molecule has 0 bridgehead atoms. The van der Waals surface area contributed by atoms with Gasteiger partial charge in [-0.2, -0.15) is 5.10 Å². The number of amides is 1. The highest BCUT2D eigenvalue weighted by Crippen LogP contribution is 2.35. The molecule has 4 rings (SSSR count). The number of aryl methyl sites for hydroxylation is 2. The largest absolute Gasteiger partial charge is 0.339 e. The lowest BCUT2D eigenvalue weighted by atomic mass is 10.1. The molecule has 3 aromatic rings. The second-order valence-electron chi connectivity index (χ2n) is 6.76. The predicted octanol–water partition coefficient (Wildman–Crippen LogP) is 2.93. The summed E-state index contributed by atoms with van der Waals surface area (Å²) in [6.07, 6.45) is 3.67. The van der Waals surface area contributed by atoms with E-state index in [1.807, 2.05) is 36.2 Å². The van der Waals surface area contributed by atoms with Crippen LogP contribution in [0.25, 0.3) is 10.9 Å². The Labute approximate surface area is 151 Å². The Morgan fingerprint density at radius 1 is 1.19 bits per heavy atom. The average molecular weight is 347 g/mol. The molecule has 5 heteroatoms. The zero-order valence-electron chi connectivity index (χ0n) is 14.8. The molecule has 0 spiro atoms. The van der Waals surface area contributed by atoms with Crippen LogP contribution in [-0.2, 0) is 17.8 Å². The molecule has 1 aliphatic carbocycles. The van der Waals surface area contributed by atoms with Crippen LogP contribution < -0.4 is 5.43 Å². The third-order valence-corrected chi connectivity index (χ3v) is 5.26. The molecule has 1 amide bonds. The summed E-state index contributed by atoms with van der Waals surface area (Å²) in [4.78, 5) is 26.5. The first-order chi connectivity index (χ1) is 12.6. The van der Waals surface area contributed by atoms with E-state index in [-0.39, 0.29) is 17.4 Å². The molecule has 1 aliphatic rings. The quantitative estimate of drug-likeness (QED) is 0.729. The van der Waals surface area contributed by atoms with Crippen LogP contribution in [0.4, 0.5) is 0 Å². The van der Waals surface area contributed by atoms with Gasteiger partial charge in [0.1, 0.15) is 0 Å². The van der Waals surface area contributed by atoms with Gasteiger partial charge in [0.05, 0.1) is 24.3 Å². The van der Waals surface area contributed by atoms with Crippen LogP contribution in [0.1, 0.15) is 30.0 Å². The summed E-state index contributed by atoms with van der Waals surface area (Å²) in [6.45, 7) is 0.457. The van der Waals surface area contributed by atoms with Crippen LogP contribution in [0.15, 0.2) is 59.5 Å². The molecule has 2 aromatic carbocycles. The van der Waals surface area contributed by atoms with Crippen molar-refractivity contribution < 1.29 is 4.79 Å². The number of hydrogen-bond acceptors (Lipinski definition) is 3. The average Bonchev–Trinajstić information content (AvgIpc) is 3.11. The van der Waals surface area contributed by atoms with E-state index >= 15 is 0 Å². The van der Waals surface area contributed by atoms with E-state index in [2.05, 4.69) is 23.3 Å². The van der Waals surface area contributed by atoms with Gasteiger partial charge in [0, 0.05) is 18.9 Å². The van der Waals surface area contributed by atoms with Crippen LogP contribution in [0.3, 0.4) is 0 Å². The predicted molar refractivity (Wildman–Crippen MR) is 101 cm³/mol. The van der Waals surface area contributed by atoms with Gasteiger partial charge in [-0.25, -0.2) is 0 Å². The highest BCUT2D eigenvalue weighted by Gasteiger charge is 2.28. The van der Waals surface area contributed by atoms with Gasteiger partial charge >= 0.3 is 0 Å². The molecule has 0 saturated carbocycles. The SMILES string of the molecule is CN(C(=O)CCn1ncc(=O)c2ccccc21)C1CCc2ccccc21. The first-order valence-corrected chi connectivity index (χ1v) is 8.93. The Bertz CT molecular complexity index is 1020. The van der Waals surface area contributed by atoms with Gasteiger partial charge in [-0.05, 0) is 36.1 Å². The number of carbonyl (C=O) groups is 1. The molecule has 5 nitrogen and oxygen atoms in total. The van der Waals surface area contributed by atoms with E-state index in [1.54, 1.807) is 10.7 Å². The van der Waals surface area contributed by atoms with Gasteiger partial charge in [0.15, 0.2) is 0 Å². The first kappa shape index (κ1) is 16.5. The van der Waals surface area contributed by atoms with Gasteiger partial charge in [0.2, 0.25) is 11.3 Å². The van der Waals surface area contributed by atoms with Gasteiger partial charge in [-0.1, -0.05) is 36.4 Å². The normalized spacial score (nSPS) is 15.8. The van der Waals surface area contributed by atoms with Gasteiger partial charge in [-0.15, -0.1) is 0 Å². The summed E-state index contributed by atoms with van der Waals surface area (Å²) >= 11 is 0. The Morgan fingerprint density at radius 2 is 1.96 bits per heavy atom. The lowest BCUT2D eigenvalue weighted by Gasteiger charge is -2.25. The Kier molecular flexibility index (Phi) is 4.29. The molecule has 26 heavy (non-hydrogen) atoms. The van der Waals surface area contributed by atoms with Crippen molar-refractivity contribution in [3.8, 4) is 0 Å². The van der Waals surface area contributed by atoms with Crippen LogP contribution in [-0.4, -0.2) is 27.6 Å². The monoisotopic (exact) mass is 347 g/mol. The Balaban J connectivity index is 1.50. The Morgan fingerprint density at radius 3 is 2.85 bits per heavy atom. The summed E-state index contributed by atoms with van der Waals surface area (Å²) in [5.41, 5.74) is 3.27. The smallest absolute Gasteiger partial charge is 0.224 e. The number of aromatic nitrogens is 2. The highest BCUT2D eigenvalue weighted by atomic mass is 16.2. The molecule has 0 N–H and O–H groups in total. The number of hydrogen-bond donors (Lipinski definition) is 0. The van der Waals surface area contributed by atoms with Crippen molar-refractivity contribution in [3.05, 3.63) is 76.1 Å². The molecule has 0 saturated heterocycles. The number of para-hydroxylation sites is 1. The maximum absolute atomic E-state index is 12.7. The third kappa shape index (κ3) is 2.90. The minimum absolute atomic E-state index is 0.0938. The number of nitrogens with zero attached hydrogens (tertiary/aromatic N) is 3. The van der Waals surface area contributed by atoms with Gasteiger partial charge in [-0.3, -0.25) is 14.3 Å². The second-order valence-corrected chi connectivity index (χ2v) is 6.76. The lowest BCUT2D eigenvalue weighted by molar-refractivity contribution is -0.132. The number of carbonyl (C=O) groups excluding carboxylic acids is 1. The molecular formula is C21H21N3O2. The molecule has 0 radical (unpaired) electrons. The van der Waals surface area contributed by atoms with Crippen LogP contribution >= 0.6 is 0 Å². The maximum atomic E-state index is 12.7. The molecule has 1 unspecified atom stereocenters. The molecule has 0 aliphatic heterocycles. The fourth-order valence-electron chi connectivity index (χ4n) is 3.83. The summed E-state index contributed by atoms with van der Waals surface area (Å²) in [5.74, 6) is 0.0938. The fraction of sp³-hybridized carbons (Fsp3) is 0.286. The summed E-state index contributed by atoms with van der Waals surface area (Å²) in [6, 6.07) is 15.9. The van der Waals surface area contributed by atoms with Crippen molar-refractivity contribution in [2.24, 2.45) is 0 Å². The minimum atomic E-state index is -0.0946. The highest BCUT2D eigenvalue weighted by molar-refractivity contribution is 5.79. The molecular weight excluding hydrogens is 326 g/mol. The van der Waals surface area contributed by atoms with E-state index in [0.717, 1.165) is 18.4 Å². The van der Waals surface area contributed by atoms with Crippen molar-refractivity contribution in [1.29, 1.82) is 0 Å². The second kappa shape index (κ2) is 6.75. The topological polar surface area (TPSA) is 55.2 Å². The summed E-state index contributed by atoms with van der Waals surface area (Å²) in [5, 5.41) is 4.84. The van der Waals surface area contributed by atoms with E-state index in [0.29, 0.717) is 18.4 Å².